The number of hydrogen-bond donors (Lipinski definition) is 1. The first-order chi connectivity index (χ1) is 10.4. The van der Waals surface area contributed by atoms with E-state index < -0.39 is 18.1 Å². The van der Waals surface area contributed by atoms with E-state index in [2.05, 4.69) is 5.32 Å². The van der Waals surface area contributed by atoms with Gasteiger partial charge in [0.25, 0.3) is 0 Å². The van der Waals surface area contributed by atoms with Crippen molar-refractivity contribution in [1.29, 1.82) is 0 Å². The third kappa shape index (κ3) is 4.71. The van der Waals surface area contributed by atoms with Crippen molar-refractivity contribution in [1.82, 2.24) is 10.2 Å². The average molecular weight is 334 g/mol. The van der Waals surface area contributed by atoms with E-state index >= 15 is 0 Å². The molecule has 0 saturated carbocycles. The van der Waals surface area contributed by atoms with Gasteiger partial charge in [0.1, 0.15) is 0 Å². The maximum Gasteiger partial charge on any atom is 0.393 e. The quantitative estimate of drug-likeness (QED) is 0.897. The van der Waals surface area contributed by atoms with E-state index in [-0.39, 0.29) is 18.9 Å². The van der Waals surface area contributed by atoms with E-state index in [4.69, 9.17) is 0 Å². The minimum absolute atomic E-state index is 0.0803. The lowest BCUT2D eigenvalue weighted by atomic mass is 9.96. The summed E-state index contributed by atoms with van der Waals surface area (Å²) in [5.41, 5.74) is 0. The molecule has 0 spiro atoms. The molecule has 3 nitrogen and oxygen atoms in total. The normalized spacial score (nSPS) is 21.5. The van der Waals surface area contributed by atoms with Crippen molar-refractivity contribution in [2.75, 3.05) is 19.6 Å². The first-order valence-electron chi connectivity index (χ1n) is 7.49. The molecular formula is C15H21F3N2OS. The maximum atomic E-state index is 12.8. The fourth-order valence-electron chi connectivity index (χ4n) is 2.70. The van der Waals surface area contributed by atoms with Crippen LogP contribution in [-0.2, 0) is 11.2 Å². The summed E-state index contributed by atoms with van der Waals surface area (Å²) >= 11 is 1.63. The summed E-state index contributed by atoms with van der Waals surface area (Å²) in [5, 5.41) is 4.79. The lowest BCUT2D eigenvalue weighted by molar-refractivity contribution is -0.188. The summed E-state index contributed by atoms with van der Waals surface area (Å²) in [4.78, 5) is 14.9. The summed E-state index contributed by atoms with van der Waals surface area (Å²) in [6.45, 7) is 2.66. The molecule has 0 unspecified atom stereocenters. The summed E-state index contributed by atoms with van der Waals surface area (Å²) in [7, 11) is 0. The highest BCUT2D eigenvalue weighted by Crippen LogP contribution is 2.33. The Hall–Kier alpha value is -1.08. The molecule has 1 aliphatic rings. The first-order valence-corrected chi connectivity index (χ1v) is 8.36. The van der Waals surface area contributed by atoms with Crippen LogP contribution in [0.15, 0.2) is 17.5 Å². The molecular weight excluding hydrogens is 313 g/mol. The van der Waals surface area contributed by atoms with Crippen molar-refractivity contribution in [2.24, 2.45) is 5.92 Å². The molecule has 7 heteroatoms. The number of carbonyl (C=O) groups is 1. The molecule has 22 heavy (non-hydrogen) atoms. The van der Waals surface area contributed by atoms with Gasteiger partial charge in [-0.25, -0.2) is 0 Å². The van der Waals surface area contributed by atoms with E-state index in [1.54, 1.807) is 23.2 Å². The summed E-state index contributed by atoms with van der Waals surface area (Å²) in [6, 6.07) is 3.43. The molecule has 1 N–H and O–H groups in total. The van der Waals surface area contributed by atoms with Crippen LogP contribution in [0.3, 0.4) is 0 Å². The first kappa shape index (κ1) is 17.3. The number of alkyl halides is 3. The molecule has 0 bridgehead atoms. The molecule has 1 amide bonds. The summed E-state index contributed by atoms with van der Waals surface area (Å²) < 4.78 is 38.4. The molecule has 1 saturated heterocycles. The number of thiophene rings is 1. The third-order valence-electron chi connectivity index (χ3n) is 4.09. The highest BCUT2D eigenvalue weighted by atomic mass is 32.1. The van der Waals surface area contributed by atoms with Crippen LogP contribution >= 0.6 is 11.3 Å². The van der Waals surface area contributed by atoms with Gasteiger partial charge in [0.05, 0.1) is 12.0 Å². The minimum Gasteiger partial charge on any atom is -0.354 e. The number of likely N-dealkylation sites (tertiary alicyclic amines) is 1. The van der Waals surface area contributed by atoms with E-state index in [0.29, 0.717) is 19.5 Å². The zero-order valence-electron chi connectivity index (χ0n) is 12.5. The minimum atomic E-state index is -4.17. The van der Waals surface area contributed by atoms with Crippen LogP contribution in [0.4, 0.5) is 13.2 Å². The smallest absolute Gasteiger partial charge is 0.354 e. The van der Waals surface area contributed by atoms with E-state index in [1.165, 1.54) is 4.88 Å². The van der Waals surface area contributed by atoms with Gasteiger partial charge in [0.15, 0.2) is 0 Å². The topological polar surface area (TPSA) is 32.3 Å². The third-order valence-corrected chi connectivity index (χ3v) is 5.03. The van der Waals surface area contributed by atoms with Gasteiger partial charge in [0.2, 0.25) is 5.91 Å². The predicted octanol–water partition coefficient (Wildman–Crippen LogP) is 3.07. The van der Waals surface area contributed by atoms with Crippen LogP contribution in [0.1, 0.15) is 24.6 Å². The number of hydrogen-bond acceptors (Lipinski definition) is 3. The van der Waals surface area contributed by atoms with Crippen LogP contribution in [0, 0.1) is 5.92 Å². The number of piperidine rings is 1. The van der Waals surface area contributed by atoms with Crippen LogP contribution in [0.25, 0.3) is 0 Å². The Balaban J connectivity index is 1.79. The summed E-state index contributed by atoms with van der Waals surface area (Å²) in [5.74, 6) is -1.51. The van der Waals surface area contributed by atoms with Crippen molar-refractivity contribution in [3.63, 3.8) is 0 Å². The number of amides is 1. The molecule has 2 rings (SSSR count). The summed E-state index contributed by atoms with van der Waals surface area (Å²) in [6.07, 6.45) is -2.78. The maximum absolute atomic E-state index is 12.8. The molecule has 0 aromatic carbocycles. The number of halogens is 3. The standard InChI is InChI=1S/C15H21F3N2OS/c1-11(14(21)19-7-6-13-5-3-9-22-13)20-8-2-4-12(10-20)15(16,17)18/h3,5,9,11-12H,2,4,6-8,10H2,1H3,(H,19,21)/t11-,12+/m1/s1. The van der Waals surface area contributed by atoms with E-state index in [0.717, 1.165) is 6.42 Å². The highest BCUT2D eigenvalue weighted by Gasteiger charge is 2.43. The fourth-order valence-corrected chi connectivity index (χ4v) is 3.41. The van der Waals surface area contributed by atoms with Crippen molar-refractivity contribution < 1.29 is 18.0 Å². The van der Waals surface area contributed by atoms with Crippen LogP contribution in [-0.4, -0.2) is 42.7 Å². The van der Waals surface area contributed by atoms with Gasteiger partial charge in [-0.2, -0.15) is 13.2 Å². The van der Waals surface area contributed by atoms with Gasteiger partial charge in [-0.05, 0) is 44.2 Å². The molecule has 124 valence electrons. The second-order valence-corrected chi connectivity index (χ2v) is 6.70. The molecule has 2 heterocycles. The van der Waals surface area contributed by atoms with Crippen LogP contribution < -0.4 is 5.32 Å². The molecule has 2 atom stereocenters. The highest BCUT2D eigenvalue weighted by molar-refractivity contribution is 7.09. The second kappa shape index (κ2) is 7.46. The Morgan fingerprint density at radius 1 is 1.55 bits per heavy atom. The molecule has 1 aromatic heterocycles. The zero-order valence-corrected chi connectivity index (χ0v) is 13.3. The number of nitrogens with zero attached hydrogens (tertiary/aromatic N) is 1. The Morgan fingerprint density at radius 3 is 2.95 bits per heavy atom. The molecule has 0 radical (unpaired) electrons. The van der Waals surface area contributed by atoms with E-state index in [9.17, 15) is 18.0 Å². The zero-order chi connectivity index (χ0) is 16.2. The SMILES string of the molecule is C[C@H](C(=O)NCCc1cccs1)N1CCC[C@H](C(F)(F)F)C1. The van der Waals surface area contributed by atoms with Gasteiger partial charge >= 0.3 is 6.18 Å². The Morgan fingerprint density at radius 2 is 2.32 bits per heavy atom. The average Bonchev–Trinajstić information content (AvgIpc) is 2.99. The Bertz CT molecular complexity index is 476. The van der Waals surface area contributed by atoms with Gasteiger partial charge in [-0.15, -0.1) is 11.3 Å². The molecule has 1 fully saturated rings. The van der Waals surface area contributed by atoms with Crippen molar-refractivity contribution in [3.05, 3.63) is 22.4 Å². The molecule has 1 aromatic rings. The van der Waals surface area contributed by atoms with Gasteiger partial charge in [0, 0.05) is 18.0 Å². The van der Waals surface area contributed by atoms with Gasteiger partial charge in [-0.3, -0.25) is 9.69 Å². The number of nitrogens with one attached hydrogen (secondary N) is 1. The van der Waals surface area contributed by atoms with Gasteiger partial charge < -0.3 is 5.32 Å². The number of carbonyl (C=O) groups excluding carboxylic acids is 1. The Kier molecular flexibility index (Phi) is 5.86. The lowest BCUT2D eigenvalue weighted by Gasteiger charge is -2.36. The fraction of sp³-hybridized carbons (Fsp3) is 0.667. The van der Waals surface area contributed by atoms with Crippen LogP contribution in [0.2, 0.25) is 0 Å². The van der Waals surface area contributed by atoms with Crippen molar-refractivity contribution in [2.45, 2.75) is 38.4 Å². The Labute approximate surface area is 132 Å². The second-order valence-electron chi connectivity index (χ2n) is 5.67. The van der Waals surface area contributed by atoms with Crippen LogP contribution in [0.5, 0.6) is 0 Å². The predicted molar refractivity (Wildman–Crippen MR) is 80.8 cm³/mol. The molecule has 0 aliphatic carbocycles. The largest absolute Gasteiger partial charge is 0.393 e. The van der Waals surface area contributed by atoms with E-state index in [1.807, 2.05) is 17.5 Å². The van der Waals surface area contributed by atoms with Gasteiger partial charge in [-0.1, -0.05) is 6.07 Å². The number of rotatable bonds is 5. The van der Waals surface area contributed by atoms with Crippen molar-refractivity contribution in [3.8, 4) is 0 Å². The lowest BCUT2D eigenvalue weighted by Crippen LogP contribution is -2.51. The van der Waals surface area contributed by atoms with Crippen molar-refractivity contribution >= 4 is 17.2 Å². The monoisotopic (exact) mass is 334 g/mol. The molecule has 1 aliphatic heterocycles.